The van der Waals surface area contributed by atoms with Gasteiger partial charge in [0.1, 0.15) is 11.3 Å². The number of likely N-dealkylation sites (N-methyl/N-ethyl adjacent to an activating group) is 1. The van der Waals surface area contributed by atoms with Gasteiger partial charge in [-0.05, 0) is 30.8 Å². The van der Waals surface area contributed by atoms with Crippen molar-refractivity contribution in [2.75, 3.05) is 26.7 Å². The first kappa shape index (κ1) is 19.4. The molecule has 0 unspecified atom stereocenters. The van der Waals surface area contributed by atoms with Crippen LogP contribution < -0.4 is 4.74 Å². The van der Waals surface area contributed by atoms with Crippen LogP contribution >= 0.6 is 0 Å². The number of hydrogen-bond acceptors (Lipinski definition) is 7. The first-order chi connectivity index (χ1) is 15.1. The summed E-state index contributed by atoms with van der Waals surface area (Å²) in [4.78, 5) is 7.04. The fourth-order valence-electron chi connectivity index (χ4n) is 4.02. The first-order valence-corrected chi connectivity index (χ1v) is 10.3. The molecule has 1 aromatic carbocycles. The van der Waals surface area contributed by atoms with Crippen LogP contribution in [-0.4, -0.2) is 61.7 Å². The summed E-state index contributed by atoms with van der Waals surface area (Å²) in [6.45, 7) is 5.29. The number of rotatable bonds is 5. The van der Waals surface area contributed by atoms with Gasteiger partial charge in [0.2, 0.25) is 0 Å². The smallest absolute Gasteiger partial charge is 0.153 e. The van der Waals surface area contributed by atoms with Crippen LogP contribution in [0.4, 0.5) is 0 Å². The van der Waals surface area contributed by atoms with Gasteiger partial charge in [0.15, 0.2) is 11.3 Å². The lowest BCUT2D eigenvalue weighted by atomic mass is 9.96. The number of fused-ring (bicyclic) bond motifs is 1. The highest BCUT2D eigenvalue weighted by atomic mass is 16.5. The maximum Gasteiger partial charge on any atom is 0.153 e. The summed E-state index contributed by atoms with van der Waals surface area (Å²) in [7, 11) is 3.46. The Bertz CT molecular complexity index is 1250. The van der Waals surface area contributed by atoms with Crippen LogP contribution in [0.5, 0.6) is 11.5 Å². The number of benzene rings is 1. The zero-order valence-electron chi connectivity index (χ0n) is 17.8. The van der Waals surface area contributed by atoms with Gasteiger partial charge in [-0.15, -0.1) is 0 Å². The largest absolute Gasteiger partial charge is 0.507 e. The predicted octanol–water partition coefficient (Wildman–Crippen LogP) is 3.23. The molecule has 0 aliphatic carbocycles. The molecule has 8 heteroatoms. The van der Waals surface area contributed by atoms with Crippen molar-refractivity contribution in [3.8, 4) is 34.0 Å². The van der Waals surface area contributed by atoms with E-state index >= 15 is 0 Å². The molecular formula is C23H24N6O2. The van der Waals surface area contributed by atoms with E-state index in [-0.39, 0.29) is 5.75 Å². The summed E-state index contributed by atoms with van der Waals surface area (Å²) in [6, 6.07) is 11.2. The molecule has 0 atom stereocenters. The highest BCUT2D eigenvalue weighted by molar-refractivity contribution is 5.85. The molecule has 8 nitrogen and oxygen atoms in total. The molecule has 0 radical (unpaired) electrons. The molecular weight excluding hydrogens is 392 g/mol. The van der Waals surface area contributed by atoms with E-state index in [1.165, 1.54) is 0 Å². The Morgan fingerprint density at radius 1 is 1.10 bits per heavy atom. The summed E-state index contributed by atoms with van der Waals surface area (Å²) >= 11 is 0. The number of aromatic hydroxyl groups is 1. The zero-order chi connectivity index (χ0) is 21.5. The van der Waals surface area contributed by atoms with Crippen molar-refractivity contribution in [3.63, 3.8) is 0 Å². The molecule has 158 valence electrons. The lowest BCUT2D eigenvalue weighted by molar-refractivity contribution is 0.154. The Kier molecular flexibility index (Phi) is 4.78. The molecule has 0 saturated carbocycles. The van der Waals surface area contributed by atoms with Gasteiger partial charge < -0.3 is 14.7 Å². The normalized spacial score (nSPS) is 14.7. The molecule has 3 aromatic heterocycles. The van der Waals surface area contributed by atoms with Gasteiger partial charge in [0.25, 0.3) is 0 Å². The topological polar surface area (TPSA) is 89.2 Å². The van der Waals surface area contributed by atoms with Gasteiger partial charge in [-0.1, -0.05) is 13.0 Å². The van der Waals surface area contributed by atoms with Crippen LogP contribution in [0.3, 0.4) is 0 Å². The van der Waals surface area contributed by atoms with E-state index in [0.717, 1.165) is 36.4 Å². The van der Waals surface area contributed by atoms with E-state index in [2.05, 4.69) is 32.1 Å². The van der Waals surface area contributed by atoms with Crippen LogP contribution in [0.2, 0.25) is 0 Å². The molecule has 4 aromatic rings. The third-order valence-corrected chi connectivity index (χ3v) is 5.85. The van der Waals surface area contributed by atoms with Crippen molar-refractivity contribution in [1.29, 1.82) is 0 Å². The van der Waals surface area contributed by atoms with Gasteiger partial charge in [-0.3, -0.25) is 4.68 Å². The molecule has 0 amide bonds. The standard InChI is InChI=1S/C23H24N6O2/c1-4-29-11-15(12-29)17-7-8-18(26-25-17)16-6-5-14(9-21(16)30)19-10-22(31-3)23-20(24-19)13-28(2)27-23/h5-10,13,15,30H,4,11-12H2,1-3H3. The van der Waals surface area contributed by atoms with Crippen molar-refractivity contribution in [3.05, 3.63) is 48.3 Å². The monoisotopic (exact) mass is 416 g/mol. The second-order valence-corrected chi connectivity index (χ2v) is 7.87. The van der Waals surface area contributed by atoms with E-state index in [1.54, 1.807) is 17.9 Å². The Morgan fingerprint density at radius 2 is 1.94 bits per heavy atom. The number of phenolic OH excluding ortho intramolecular Hbond substituents is 1. The van der Waals surface area contributed by atoms with Crippen molar-refractivity contribution in [2.24, 2.45) is 7.05 Å². The van der Waals surface area contributed by atoms with E-state index in [1.807, 2.05) is 43.6 Å². The summed E-state index contributed by atoms with van der Waals surface area (Å²) in [5.41, 5.74) is 5.22. The Hall–Kier alpha value is -3.52. The summed E-state index contributed by atoms with van der Waals surface area (Å²) in [6.07, 6.45) is 1.84. The molecule has 0 spiro atoms. The fraction of sp³-hybridized carbons (Fsp3) is 0.304. The average Bonchev–Trinajstić information content (AvgIpc) is 3.13. The van der Waals surface area contributed by atoms with E-state index in [9.17, 15) is 5.11 Å². The number of aromatic nitrogens is 5. The van der Waals surface area contributed by atoms with Crippen molar-refractivity contribution >= 4 is 11.0 Å². The Morgan fingerprint density at radius 3 is 2.61 bits per heavy atom. The SMILES string of the molecule is CCN1CC(c2ccc(-c3ccc(-c4cc(OC)c5nn(C)cc5n4)cc3O)nn2)C1. The zero-order valence-corrected chi connectivity index (χ0v) is 17.8. The van der Waals surface area contributed by atoms with Crippen LogP contribution in [-0.2, 0) is 7.05 Å². The summed E-state index contributed by atoms with van der Waals surface area (Å²) in [5, 5.41) is 23.9. The summed E-state index contributed by atoms with van der Waals surface area (Å²) in [5.74, 6) is 1.22. The maximum atomic E-state index is 10.7. The van der Waals surface area contributed by atoms with Crippen LogP contribution in [0.25, 0.3) is 33.5 Å². The minimum atomic E-state index is 0.132. The molecule has 4 heterocycles. The molecule has 1 aliphatic heterocycles. The fourth-order valence-corrected chi connectivity index (χ4v) is 4.02. The molecule has 0 bridgehead atoms. The lowest BCUT2D eigenvalue weighted by Crippen LogP contribution is -2.44. The lowest BCUT2D eigenvalue weighted by Gasteiger charge is -2.37. The van der Waals surface area contributed by atoms with Gasteiger partial charge in [0.05, 0.1) is 30.4 Å². The second-order valence-electron chi connectivity index (χ2n) is 7.87. The molecule has 1 fully saturated rings. The quantitative estimate of drug-likeness (QED) is 0.534. The third-order valence-electron chi connectivity index (χ3n) is 5.85. The van der Waals surface area contributed by atoms with Gasteiger partial charge in [0, 0.05) is 43.2 Å². The van der Waals surface area contributed by atoms with Crippen LogP contribution in [0.15, 0.2) is 42.6 Å². The minimum Gasteiger partial charge on any atom is -0.507 e. The number of phenols is 1. The van der Waals surface area contributed by atoms with E-state index in [4.69, 9.17) is 4.74 Å². The average molecular weight is 416 g/mol. The number of likely N-dealkylation sites (tertiary alicyclic amines) is 1. The summed E-state index contributed by atoms with van der Waals surface area (Å²) < 4.78 is 7.19. The first-order valence-electron chi connectivity index (χ1n) is 10.3. The van der Waals surface area contributed by atoms with Crippen molar-refractivity contribution in [1.82, 2.24) is 29.9 Å². The molecule has 1 N–H and O–H groups in total. The maximum absolute atomic E-state index is 10.7. The van der Waals surface area contributed by atoms with Crippen LogP contribution in [0.1, 0.15) is 18.5 Å². The van der Waals surface area contributed by atoms with Crippen molar-refractivity contribution < 1.29 is 9.84 Å². The second kappa shape index (κ2) is 7.63. The van der Waals surface area contributed by atoms with Crippen molar-refractivity contribution in [2.45, 2.75) is 12.8 Å². The number of ether oxygens (including phenoxy) is 1. The van der Waals surface area contributed by atoms with Crippen LogP contribution in [0, 0.1) is 0 Å². The predicted molar refractivity (Wildman–Crippen MR) is 118 cm³/mol. The van der Waals surface area contributed by atoms with E-state index in [0.29, 0.717) is 34.1 Å². The number of nitrogens with zero attached hydrogens (tertiary/aromatic N) is 6. The van der Waals surface area contributed by atoms with Gasteiger partial charge >= 0.3 is 0 Å². The van der Waals surface area contributed by atoms with Gasteiger partial charge in [-0.25, -0.2) is 4.98 Å². The highest BCUT2D eigenvalue weighted by Gasteiger charge is 2.28. The molecule has 31 heavy (non-hydrogen) atoms. The Balaban J connectivity index is 1.43. The highest BCUT2D eigenvalue weighted by Crippen LogP contribution is 2.35. The van der Waals surface area contributed by atoms with Gasteiger partial charge in [-0.2, -0.15) is 15.3 Å². The number of hydrogen-bond donors (Lipinski definition) is 1. The number of pyridine rings is 1. The molecule has 1 aliphatic rings. The Labute approximate surface area is 180 Å². The number of aryl methyl sites for hydroxylation is 1. The molecule has 1 saturated heterocycles. The molecule has 5 rings (SSSR count). The third kappa shape index (κ3) is 3.48. The van der Waals surface area contributed by atoms with E-state index < -0.39 is 0 Å². The number of methoxy groups -OCH3 is 1. The minimum absolute atomic E-state index is 0.132.